The van der Waals surface area contributed by atoms with Gasteiger partial charge in [-0.3, -0.25) is 0 Å². The van der Waals surface area contributed by atoms with Crippen LogP contribution in [0.5, 0.6) is 5.75 Å². The van der Waals surface area contributed by atoms with Crippen LogP contribution in [0.1, 0.15) is 25.2 Å². The van der Waals surface area contributed by atoms with Crippen LogP contribution in [-0.4, -0.2) is 28.3 Å². The van der Waals surface area contributed by atoms with Crippen LogP contribution >= 0.6 is 0 Å². The number of phenols is 1. The van der Waals surface area contributed by atoms with E-state index in [2.05, 4.69) is 53.2 Å². The van der Waals surface area contributed by atoms with E-state index < -0.39 is 0 Å². The first kappa shape index (κ1) is 16.8. The highest BCUT2D eigenvalue weighted by Gasteiger charge is 2.10. The van der Waals surface area contributed by atoms with Gasteiger partial charge in [0.05, 0.1) is 5.56 Å². The molecule has 1 N–H and O–H groups in total. The Morgan fingerprint density at radius 3 is 2.40 bits per heavy atom. The molecule has 0 aliphatic carbocycles. The van der Waals surface area contributed by atoms with Crippen molar-refractivity contribution in [3.05, 3.63) is 59.9 Å². The SMILES string of the molecule is CCN(CC)c1ccc(/C=C/c2noc(-c3ccccc3O)n2)cc1. The highest BCUT2D eigenvalue weighted by Crippen LogP contribution is 2.27. The molecule has 3 rings (SSSR count). The molecule has 5 heteroatoms. The Kier molecular flexibility index (Phi) is 5.14. The lowest BCUT2D eigenvalue weighted by Crippen LogP contribution is -2.21. The first-order valence-electron chi connectivity index (χ1n) is 8.36. The van der Waals surface area contributed by atoms with Gasteiger partial charge in [-0.05, 0) is 49.8 Å². The van der Waals surface area contributed by atoms with Gasteiger partial charge < -0.3 is 14.5 Å². The molecule has 1 heterocycles. The number of anilines is 1. The van der Waals surface area contributed by atoms with Crippen LogP contribution in [0.25, 0.3) is 23.6 Å². The summed E-state index contributed by atoms with van der Waals surface area (Å²) in [6, 6.07) is 15.2. The highest BCUT2D eigenvalue weighted by molar-refractivity contribution is 5.69. The zero-order chi connectivity index (χ0) is 17.6. The van der Waals surface area contributed by atoms with Gasteiger partial charge >= 0.3 is 0 Å². The molecule has 128 valence electrons. The summed E-state index contributed by atoms with van der Waals surface area (Å²) in [5.41, 5.74) is 2.80. The van der Waals surface area contributed by atoms with Gasteiger partial charge in [-0.15, -0.1) is 0 Å². The predicted molar refractivity (Wildman–Crippen MR) is 100 cm³/mol. The van der Waals surface area contributed by atoms with Gasteiger partial charge in [0, 0.05) is 18.8 Å². The second-order valence-electron chi connectivity index (χ2n) is 5.57. The average Bonchev–Trinajstić information content (AvgIpc) is 3.11. The van der Waals surface area contributed by atoms with Crippen molar-refractivity contribution in [1.82, 2.24) is 10.1 Å². The summed E-state index contributed by atoms with van der Waals surface area (Å²) in [5, 5.41) is 13.8. The summed E-state index contributed by atoms with van der Waals surface area (Å²) < 4.78 is 5.22. The maximum absolute atomic E-state index is 9.84. The Balaban J connectivity index is 1.74. The molecule has 0 atom stereocenters. The number of aromatic hydroxyl groups is 1. The van der Waals surface area contributed by atoms with Crippen molar-refractivity contribution in [2.24, 2.45) is 0 Å². The molecule has 3 aromatic rings. The standard InChI is InChI=1S/C20H21N3O2/c1-3-23(4-2)16-12-9-15(10-13-16)11-14-19-21-20(25-22-19)17-7-5-6-8-18(17)24/h5-14,24H,3-4H2,1-2H3/b14-11+. The fraction of sp³-hybridized carbons (Fsp3) is 0.200. The quantitative estimate of drug-likeness (QED) is 0.720. The fourth-order valence-corrected chi connectivity index (χ4v) is 2.62. The van der Waals surface area contributed by atoms with Crippen molar-refractivity contribution >= 4 is 17.8 Å². The summed E-state index contributed by atoms with van der Waals surface area (Å²) in [5.74, 6) is 0.884. The van der Waals surface area contributed by atoms with E-state index in [1.54, 1.807) is 24.3 Å². The van der Waals surface area contributed by atoms with E-state index in [4.69, 9.17) is 4.52 Å². The van der Waals surface area contributed by atoms with E-state index in [1.165, 1.54) is 5.69 Å². The summed E-state index contributed by atoms with van der Waals surface area (Å²) in [6.45, 7) is 6.28. The van der Waals surface area contributed by atoms with Crippen molar-refractivity contribution in [2.75, 3.05) is 18.0 Å². The Morgan fingerprint density at radius 1 is 1.00 bits per heavy atom. The minimum atomic E-state index is 0.119. The van der Waals surface area contributed by atoms with E-state index in [0.717, 1.165) is 18.7 Å². The lowest BCUT2D eigenvalue weighted by atomic mass is 10.2. The van der Waals surface area contributed by atoms with Gasteiger partial charge in [-0.25, -0.2) is 0 Å². The smallest absolute Gasteiger partial charge is 0.261 e. The van der Waals surface area contributed by atoms with Crippen LogP contribution in [0.15, 0.2) is 53.1 Å². The Labute approximate surface area is 147 Å². The van der Waals surface area contributed by atoms with Gasteiger partial charge in [-0.2, -0.15) is 4.98 Å². The highest BCUT2D eigenvalue weighted by atomic mass is 16.5. The lowest BCUT2D eigenvalue weighted by Gasteiger charge is -2.20. The maximum Gasteiger partial charge on any atom is 0.261 e. The molecule has 0 spiro atoms. The third-order valence-electron chi connectivity index (χ3n) is 4.02. The normalized spacial score (nSPS) is 11.1. The largest absolute Gasteiger partial charge is 0.507 e. The second-order valence-corrected chi connectivity index (χ2v) is 5.57. The number of benzene rings is 2. The first-order chi connectivity index (χ1) is 12.2. The molecule has 0 saturated carbocycles. The zero-order valence-corrected chi connectivity index (χ0v) is 14.4. The van der Waals surface area contributed by atoms with E-state index in [0.29, 0.717) is 17.3 Å². The molecular formula is C20H21N3O2. The van der Waals surface area contributed by atoms with Crippen LogP contribution < -0.4 is 4.90 Å². The van der Waals surface area contributed by atoms with Gasteiger partial charge in [0.2, 0.25) is 0 Å². The molecule has 0 aliphatic rings. The number of phenolic OH excluding ortho intramolecular Hbond substituents is 1. The topological polar surface area (TPSA) is 62.4 Å². The number of hydrogen-bond acceptors (Lipinski definition) is 5. The number of aromatic nitrogens is 2. The fourth-order valence-electron chi connectivity index (χ4n) is 2.62. The second kappa shape index (κ2) is 7.66. The molecule has 0 saturated heterocycles. The summed E-state index contributed by atoms with van der Waals surface area (Å²) >= 11 is 0. The minimum absolute atomic E-state index is 0.119. The summed E-state index contributed by atoms with van der Waals surface area (Å²) in [4.78, 5) is 6.59. The van der Waals surface area contributed by atoms with E-state index in [9.17, 15) is 5.11 Å². The van der Waals surface area contributed by atoms with Gasteiger partial charge in [0.15, 0.2) is 5.82 Å². The molecule has 0 aliphatic heterocycles. The summed E-state index contributed by atoms with van der Waals surface area (Å²) in [7, 11) is 0. The number of hydrogen-bond donors (Lipinski definition) is 1. The van der Waals surface area contributed by atoms with Crippen LogP contribution in [0.3, 0.4) is 0 Å². The van der Waals surface area contributed by atoms with Crippen LogP contribution in [0, 0.1) is 0 Å². The molecule has 0 unspecified atom stereocenters. The predicted octanol–water partition coefficient (Wildman–Crippen LogP) is 4.46. The molecule has 1 aromatic heterocycles. The van der Waals surface area contributed by atoms with Gasteiger partial charge in [0.25, 0.3) is 5.89 Å². The van der Waals surface area contributed by atoms with Crippen molar-refractivity contribution in [1.29, 1.82) is 0 Å². The zero-order valence-electron chi connectivity index (χ0n) is 14.4. The number of para-hydroxylation sites is 1. The Bertz CT molecular complexity index is 849. The molecule has 0 fully saturated rings. The first-order valence-corrected chi connectivity index (χ1v) is 8.36. The van der Waals surface area contributed by atoms with Gasteiger partial charge in [0.1, 0.15) is 5.75 Å². The van der Waals surface area contributed by atoms with Crippen molar-refractivity contribution in [3.63, 3.8) is 0 Å². The average molecular weight is 335 g/mol. The van der Waals surface area contributed by atoms with Crippen molar-refractivity contribution in [2.45, 2.75) is 13.8 Å². The van der Waals surface area contributed by atoms with Crippen LogP contribution in [0.4, 0.5) is 5.69 Å². The Morgan fingerprint density at radius 2 is 1.72 bits per heavy atom. The Hall–Kier alpha value is -3.08. The molecular weight excluding hydrogens is 314 g/mol. The van der Waals surface area contributed by atoms with Crippen molar-refractivity contribution in [3.8, 4) is 17.2 Å². The number of rotatable bonds is 6. The van der Waals surface area contributed by atoms with Crippen LogP contribution in [0.2, 0.25) is 0 Å². The lowest BCUT2D eigenvalue weighted by molar-refractivity contribution is 0.423. The molecule has 0 radical (unpaired) electrons. The molecule has 0 bridgehead atoms. The van der Waals surface area contributed by atoms with Gasteiger partial charge in [-0.1, -0.05) is 35.5 Å². The molecule has 0 amide bonds. The van der Waals surface area contributed by atoms with Crippen LogP contribution in [-0.2, 0) is 0 Å². The van der Waals surface area contributed by atoms with E-state index in [-0.39, 0.29) is 5.75 Å². The summed E-state index contributed by atoms with van der Waals surface area (Å²) in [6.07, 6.45) is 3.73. The third kappa shape index (κ3) is 3.88. The monoisotopic (exact) mass is 335 g/mol. The molecule has 2 aromatic carbocycles. The molecule has 5 nitrogen and oxygen atoms in total. The van der Waals surface area contributed by atoms with Crippen molar-refractivity contribution < 1.29 is 9.63 Å². The maximum atomic E-state index is 9.84. The van der Waals surface area contributed by atoms with E-state index >= 15 is 0 Å². The third-order valence-corrected chi connectivity index (χ3v) is 4.02. The molecule has 25 heavy (non-hydrogen) atoms. The minimum Gasteiger partial charge on any atom is -0.507 e. The number of nitrogens with zero attached hydrogens (tertiary/aromatic N) is 3. The van der Waals surface area contributed by atoms with E-state index in [1.807, 2.05) is 12.1 Å².